The zero-order valence-corrected chi connectivity index (χ0v) is 15.4. The van der Waals surface area contributed by atoms with Crippen LogP contribution in [0.15, 0.2) is 11.6 Å². The van der Waals surface area contributed by atoms with Gasteiger partial charge in [0, 0.05) is 18.6 Å². The molecule has 0 radical (unpaired) electrons. The highest BCUT2D eigenvalue weighted by Crippen LogP contribution is 2.20. The molecule has 0 heterocycles. The molecule has 0 aromatic heterocycles. The van der Waals surface area contributed by atoms with Crippen molar-refractivity contribution in [2.75, 3.05) is 27.7 Å². The molecule has 4 atom stereocenters. The van der Waals surface area contributed by atoms with Gasteiger partial charge in [0.2, 0.25) is 0 Å². The first-order chi connectivity index (χ1) is 9.26. The second kappa shape index (κ2) is 9.57. The third-order valence-electron chi connectivity index (χ3n) is 5.14. The van der Waals surface area contributed by atoms with E-state index in [0.29, 0.717) is 18.0 Å². The molecule has 0 saturated carbocycles. The Kier molecular flexibility index (Phi) is 9.41. The average Bonchev–Trinajstić information content (AvgIpc) is 2.43. The number of likely N-dealkylation sites (N-methyl/N-ethyl adjacent to an activating group) is 2. The molecule has 0 aliphatic heterocycles. The van der Waals surface area contributed by atoms with Crippen molar-refractivity contribution in [1.82, 2.24) is 9.80 Å². The minimum atomic E-state index is 0.576. The summed E-state index contributed by atoms with van der Waals surface area (Å²) in [5.74, 6) is 1.42. The van der Waals surface area contributed by atoms with Crippen LogP contribution in [0.1, 0.15) is 54.4 Å². The van der Waals surface area contributed by atoms with Crippen LogP contribution in [0.3, 0.4) is 0 Å². The highest BCUT2D eigenvalue weighted by atomic mass is 15.2. The normalized spacial score (nSPS) is 19.2. The third-order valence-corrected chi connectivity index (χ3v) is 5.14. The molecule has 0 saturated heterocycles. The molecule has 0 aromatic carbocycles. The van der Waals surface area contributed by atoms with E-state index in [4.69, 9.17) is 0 Å². The standard InChI is InChI=1S/C18H38N2/c1-10-14(3)16(5)12-13-20(9)18(15(4)11-2)17(6)19(7)8/h12,14-15,17-18H,10-11,13H2,1-9H3/b16-12+. The zero-order valence-electron chi connectivity index (χ0n) is 15.4. The van der Waals surface area contributed by atoms with Gasteiger partial charge in [-0.15, -0.1) is 0 Å². The first-order valence-corrected chi connectivity index (χ1v) is 8.29. The van der Waals surface area contributed by atoms with Gasteiger partial charge in [0.25, 0.3) is 0 Å². The lowest BCUT2D eigenvalue weighted by Crippen LogP contribution is -2.50. The van der Waals surface area contributed by atoms with Crippen molar-refractivity contribution >= 4 is 0 Å². The van der Waals surface area contributed by atoms with E-state index < -0.39 is 0 Å². The van der Waals surface area contributed by atoms with E-state index in [1.165, 1.54) is 18.4 Å². The van der Waals surface area contributed by atoms with Crippen LogP contribution in [-0.4, -0.2) is 49.6 Å². The van der Waals surface area contributed by atoms with Crippen LogP contribution >= 0.6 is 0 Å². The van der Waals surface area contributed by atoms with Crippen LogP contribution < -0.4 is 0 Å². The molecular formula is C18H38N2. The monoisotopic (exact) mass is 282 g/mol. The quantitative estimate of drug-likeness (QED) is 0.583. The number of hydrogen-bond donors (Lipinski definition) is 0. The molecule has 120 valence electrons. The third kappa shape index (κ3) is 5.97. The smallest absolute Gasteiger partial charge is 0.0274 e. The maximum atomic E-state index is 2.53. The molecule has 2 heteroatoms. The topological polar surface area (TPSA) is 6.48 Å². The Labute approximate surface area is 128 Å². The second-order valence-electron chi connectivity index (χ2n) is 6.78. The summed E-state index contributed by atoms with van der Waals surface area (Å²) in [6.07, 6.45) is 4.89. The molecule has 0 aliphatic rings. The van der Waals surface area contributed by atoms with E-state index in [2.05, 4.69) is 78.6 Å². The summed E-state index contributed by atoms with van der Waals surface area (Å²) in [5.41, 5.74) is 1.53. The van der Waals surface area contributed by atoms with Gasteiger partial charge in [-0.3, -0.25) is 4.90 Å². The van der Waals surface area contributed by atoms with Gasteiger partial charge < -0.3 is 4.90 Å². The number of nitrogens with zero attached hydrogens (tertiary/aromatic N) is 2. The number of rotatable bonds is 9. The lowest BCUT2D eigenvalue weighted by Gasteiger charge is -2.39. The highest BCUT2D eigenvalue weighted by Gasteiger charge is 2.27. The van der Waals surface area contributed by atoms with E-state index in [1.54, 1.807) is 0 Å². The zero-order chi connectivity index (χ0) is 15.9. The molecule has 0 spiro atoms. The summed E-state index contributed by atoms with van der Waals surface area (Å²) in [7, 11) is 6.65. The second-order valence-corrected chi connectivity index (χ2v) is 6.78. The van der Waals surface area contributed by atoms with Gasteiger partial charge >= 0.3 is 0 Å². The first kappa shape index (κ1) is 19.7. The summed E-state index contributed by atoms with van der Waals surface area (Å²) < 4.78 is 0. The lowest BCUT2D eigenvalue weighted by molar-refractivity contribution is 0.105. The summed E-state index contributed by atoms with van der Waals surface area (Å²) in [6, 6.07) is 1.18. The molecule has 0 fully saturated rings. The lowest BCUT2D eigenvalue weighted by atomic mass is 9.91. The Balaban J connectivity index is 4.84. The summed E-state index contributed by atoms with van der Waals surface area (Å²) in [4.78, 5) is 4.88. The first-order valence-electron chi connectivity index (χ1n) is 8.29. The molecule has 0 bridgehead atoms. The van der Waals surface area contributed by atoms with E-state index in [9.17, 15) is 0 Å². The van der Waals surface area contributed by atoms with Crippen molar-refractivity contribution in [3.63, 3.8) is 0 Å². The summed E-state index contributed by atoms with van der Waals surface area (Å²) in [5, 5.41) is 0. The molecular weight excluding hydrogens is 244 g/mol. The van der Waals surface area contributed by atoms with Gasteiger partial charge in [0.05, 0.1) is 0 Å². The fraction of sp³-hybridized carbons (Fsp3) is 0.889. The SMILES string of the molecule is CCC(C)/C(C)=C/CN(C)C(C(C)CC)C(C)N(C)C. The van der Waals surface area contributed by atoms with Crippen LogP contribution in [0.2, 0.25) is 0 Å². The largest absolute Gasteiger partial charge is 0.305 e. The van der Waals surface area contributed by atoms with Crippen LogP contribution in [0.5, 0.6) is 0 Å². The molecule has 0 amide bonds. The van der Waals surface area contributed by atoms with E-state index in [1.807, 2.05) is 0 Å². The van der Waals surface area contributed by atoms with E-state index in [0.717, 1.165) is 12.5 Å². The van der Waals surface area contributed by atoms with E-state index >= 15 is 0 Å². The number of hydrogen-bond acceptors (Lipinski definition) is 2. The van der Waals surface area contributed by atoms with Gasteiger partial charge in [-0.2, -0.15) is 0 Å². The van der Waals surface area contributed by atoms with Gasteiger partial charge in [-0.25, -0.2) is 0 Å². The van der Waals surface area contributed by atoms with Crippen molar-refractivity contribution in [2.45, 2.75) is 66.5 Å². The maximum Gasteiger partial charge on any atom is 0.0274 e. The van der Waals surface area contributed by atoms with Gasteiger partial charge in [-0.1, -0.05) is 45.8 Å². The van der Waals surface area contributed by atoms with Crippen LogP contribution in [-0.2, 0) is 0 Å². The van der Waals surface area contributed by atoms with E-state index in [-0.39, 0.29) is 0 Å². The molecule has 0 N–H and O–H groups in total. The van der Waals surface area contributed by atoms with Gasteiger partial charge in [0.1, 0.15) is 0 Å². The molecule has 2 nitrogen and oxygen atoms in total. The van der Waals surface area contributed by atoms with Crippen LogP contribution in [0, 0.1) is 11.8 Å². The Morgan fingerprint density at radius 2 is 1.55 bits per heavy atom. The Morgan fingerprint density at radius 3 is 1.95 bits per heavy atom. The fourth-order valence-electron chi connectivity index (χ4n) is 2.76. The molecule has 20 heavy (non-hydrogen) atoms. The predicted octanol–water partition coefficient (Wildman–Crippen LogP) is 4.28. The van der Waals surface area contributed by atoms with Crippen molar-refractivity contribution in [1.29, 1.82) is 0 Å². The Morgan fingerprint density at radius 1 is 1.00 bits per heavy atom. The maximum absolute atomic E-state index is 2.53. The molecule has 4 unspecified atom stereocenters. The Hall–Kier alpha value is -0.340. The van der Waals surface area contributed by atoms with Crippen LogP contribution in [0.25, 0.3) is 0 Å². The predicted molar refractivity (Wildman–Crippen MR) is 92.2 cm³/mol. The van der Waals surface area contributed by atoms with Crippen molar-refractivity contribution in [3.05, 3.63) is 11.6 Å². The Bertz CT molecular complexity index is 283. The van der Waals surface area contributed by atoms with Crippen molar-refractivity contribution in [3.8, 4) is 0 Å². The average molecular weight is 283 g/mol. The fourth-order valence-corrected chi connectivity index (χ4v) is 2.76. The van der Waals surface area contributed by atoms with Gasteiger partial charge in [0.15, 0.2) is 0 Å². The van der Waals surface area contributed by atoms with Crippen molar-refractivity contribution < 1.29 is 0 Å². The minimum absolute atomic E-state index is 0.576. The molecule has 0 aliphatic carbocycles. The highest BCUT2D eigenvalue weighted by molar-refractivity contribution is 5.03. The minimum Gasteiger partial charge on any atom is -0.305 e. The van der Waals surface area contributed by atoms with Crippen molar-refractivity contribution in [2.24, 2.45) is 11.8 Å². The number of allylic oxidation sites excluding steroid dienone is 1. The van der Waals surface area contributed by atoms with Gasteiger partial charge in [-0.05, 0) is 53.2 Å². The molecule has 0 rings (SSSR count). The summed E-state index contributed by atoms with van der Waals surface area (Å²) >= 11 is 0. The van der Waals surface area contributed by atoms with Crippen LogP contribution in [0.4, 0.5) is 0 Å². The molecule has 0 aromatic rings. The summed E-state index contributed by atoms with van der Waals surface area (Å²) in [6.45, 7) is 14.9.